The van der Waals surface area contributed by atoms with Crippen molar-refractivity contribution in [2.75, 3.05) is 25.9 Å². The van der Waals surface area contributed by atoms with E-state index in [0.717, 1.165) is 56.2 Å². The highest BCUT2D eigenvalue weighted by Crippen LogP contribution is 2.29. The summed E-state index contributed by atoms with van der Waals surface area (Å²) in [6, 6.07) is 4.59. The number of anilines is 1. The van der Waals surface area contributed by atoms with Crippen LogP contribution in [-0.4, -0.2) is 57.5 Å². The second kappa shape index (κ2) is 8.34. The van der Waals surface area contributed by atoms with Crippen LogP contribution in [0.15, 0.2) is 16.9 Å². The number of aromatic amines is 1. The highest BCUT2D eigenvalue weighted by molar-refractivity contribution is 5.90. The van der Waals surface area contributed by atoms with Gasteiger partial charge in [-0.05, 0) is 63.7 Å². The van der Waals surface area contributed by atoms with Crippen LogP contribution >= 0.6 is 0 Å². The molecule has 1 amide bonds. The van der Waals surface area contributed by atoms with Gasteiger partial charge in [0.2, 0.25) is 5.91 Å². The summed E-state index contributed by atoms with van der Waals surface area (Å²) in [7, 11) is 2.15. The van der Waals surface area contributed by atoms with E-state index in [1.807, 2.05) is 31.4 Å². The largest absolute Gasteiger partial charge is 0.397 e. The van der Waals surface area contributed by atoms with Crippen molar-refractivity contribution in [2.24, 2.45) is 5.41 Å². The number of carbonyl (C=O) groups excluding carboxylic acids is 1. The molecule has 0 bridgehead atoms. The lowest BCUT2D eigenvalue weighted by Gasteiger charge is -2.40. The molecule has 1 aromatic carbocycles. The molecule has 2 unspecified atom stereocenters. The molecule has 0 radical (unpaired) electrons. The van der Waals surface area contributed by atoms with E-state index in [2.05, 4.69) is 27.9 Å². The maximum Gasteiger partial charge on any atom is 0.326 e. The Labute approximate surface area is 184 Å². The molecule has 2 aliphatic rings. The van der Waals surface area contributed by atoms with Crippen molar-refractivity contribution in [1.82, 2.24) is 19.4 Å². The molecule has 1 saturated heterocycles. The molecule has 0 spiro atoms. The van der Waals surface area contributed by atoms with Gasteiger partial charge in [0.05, 0.1) is 16.7 Å². The number of benzene rings is 1. The van der Waals surface area contributed by atoms with E-state index in [0.29, 0.717) is 18.3 Å². The van der Waals surface area contributed by atoms with Crippen LogP contribution in [0.5, 0.6) is 0 Å². The van der Waals surface area contributed by atoms with E-state index in [9.17, 15) is 9.59 Å². The zero-order valence-corrected chi connectivity index (χ0v) is 19.4. The van der Waals surface area contributed by atoms with Gasteiger partial charge in [-0.15, -0.1) is 0 Å². The molecule has 4 rings (SSSR count). The summed E-state index contributed by atoms with van der Waals surface area (Å²) in [4.78, 5) is 32.8. The number of H-pyrrole nitrogens is 1. The molecule has 7 nitrogen and oxygen atoms in total. The number of nitrogens with two attached hydrogens (primary N) is 1. The fourth-order valence-corrected chi connectivity index (χ4v) is 5.29. The SMILES string of the molecule is CN(CCCC1CCCCN1C(=O)C(C)(C)C)C1Cc2ccc(N)c3[nH]c(=O)n(c23)C1. The van der Waals surface area contributed by atoms with Gasteiger partial charge in [0.15, 0.2) is 0 Å². The number of likely N-dealkylation sites (tertiary alicyclic amines) is 1. The lowest BCUT2D eigenvalue weighted by Crippen LogP contribution is -2.48. The third-order valence-electron chi connectivity index (χ3n) is 7.09. The van der Waals surface area contributed by atoms with Crippen molar-refractivity contribution in [1.29, 1.82) is 0 Å². The maximum absolute atomic E-state index is 12.9. The van der Waals surface area contributed by atoms with Crippen molar-refractivity contribution in [3.05, 3.63) is 28.2 Å². The van der Waals surface area contributed by atoms with Crippen molar-refractivity contribution < 1.29 is 4.79 Å². The highest BCUT2D eigenvalue weighted by Gasteiger charge is 2.33. The Kier molecular flexibility index (Phi) is 5.90. The summed E-state index contributed by atoms with van der Waals surface area (Å²) in [5, 5.41) is 0. The monoisotopic (exact) mass is 427 g/mol. The van der Waals surface area contributed by atoms with E-state index in [1.165, 1.54) is 12.0 Å². The molecule has 0 aliphatic carbocycles. The zero-order chi connectivity index (χ0) is 22.3. The van der Waals surface area contributed by atoms with Gasteiger partial charge in [0.1, 0.15) is 0 Å². The van der Waals surface area contributed by atoms with Crippen LogP contribution < -0.4 is 11.4 Å². The van der Waals surface area contributed by atoms with Crippen molar-refractivity contribution in [3.8, 4) is 0 Å². The Morgan fingerprint density at radius 3 is 2.81 bits per heavy atom. The molecule has 31 heavy (non-hydrogen) atoms. The molecule has 170 valence electrons. The molecule has 3 N–H and O–H groups in total. The number of amides is 1. The van der Waals surface area contributed by atoms with E-state index in [1.54, 1.807) is 0 Å². The van der Waals surface area contributed by atoms with Gasteiger partial charge < -0.3 is 20.5 Å². The summed E-state index contributed by atoms with van der Waals surface area (Å²) in [6.07, 6.45) is 6.45. The number of piperidine rings is 1. The Morgan fingerprint density at radius 2 is 2.06 bits per heavy atom. The molecule has 2 aliphatic heterocycles. The van der Waals surface area contributed by atoms with Crippen molar-refractivity contribution in [3.63, 3.8) is 0 Å². The number of nitrogens with one attached hydrogen (secondary N) is 1. The summed E-state index contributed by atoms with van der Waals surface area (Å²) < 4.78 is 1.84. The Hall–Kier alpha value is -2.28. The number of rotatable bonds is 5. The summed E-state index contributed by atoms with van der Waals surface area (Å²) in [5.41, 5.74) is 9.20. The number of likely N-dealkylation sites (N-methyl/N-ethyl adjacent to an activating group) is 1. The molecule has 3 heterocycles. The number of carbonyl (C=O) groups is 1. The van der Waals surface area contributed by atoms with E-state index >= 15 is 0 Å². The van der Waals surface area contributed by atoms with Crippen LogP contribution in [0.1, 0.15) is 58.4 Å². The second-order valence-corrected chi connectivity index (χ2v) is 10.5. The third-order valence-corrected chi connectivity index (χ3v) is 7.09. The molecule has 2 atom stereocenters. The van der Waals surface area contributed by atoms with Crippen LogP contribution in [0, 0.1) is 5.41 Å². The molecule has 0 saturated carbocycles. The topological polar surface area (TPSA) is 87.4 Å². The van der Waals surface area contributed by atoms with Gasteiger partial charge in [0, 0.05) is 30.6 Å². The number of aromatic nitrogens is 2. The van der Waals surface area contributed by atoms with Crippen LogP contribution in [0.3, 0.4) is 0 Å². The highest BCUT2D eigenvalue weighted by atomic mass is 16.2. The van der Waals surface area contributed by atoms with Crippen LogP contribution in [0.2, 0.25) is 0 Å². The van der Waals surface area contributed by atoms with Gasteiger partial charge >= 0.3 is 5.69 Å². The van der Waals surface area contributed by atoms with E-state index in [4.69, 9.17) is 5.73 Å². The fourth-order valence-electron chi connectivity index (χ4n) is 5.29. The lowest BCUT2D eigenvalue weighted by molar-refractivity contribution is -0.143. The Balaban J connectivity index is 1.38. The third kappa shape index (κ3) is 4.25. The lowest BCUT2D eigenvalue weighted by atomic mass is 9.90. The summed E-state index contributed by atoms with van der Waals surface area (Å²) >= 11 is 0. The first-order valence-electron chi connectivity index (χ1n) is 11.7. The van der Waals surface area contributed by atoms with Crippen LogP contribution in [0.4, 0.5) is 5.69 Å². The van der Waals surface area contributed by atoms with Crippen molar-refractivity contribution in [2.45, 2.75) is 77.9 Å². The van der Waals surface area contributed by atoms with E-state index < -0.39 is 0 Å². The first-order chi connectivity index (χ1) is 14.7. The smallest absolute Gasteiger partial charge is 0.326 e. The van der Waals surface area contributed by atoms with E-state index in [-0.39, 0.29) is 23.1 Å². The predicted molar refractivity (Wildman–Crippen MR) is 125 cm³/mol. The molecule has 1 fully saturated rings. The van der Waals surface area contributed by atoms with Gasteiger partial charge in [0.25, 0.3) is 0 Å². The Bertz CT molecular complexity index is 1020. The minimum Gasteiger partial charge on any atom is -0.397 e. The van der Waals surface area contributed by atoms with Crippen LogP contribution in [0.25, 0.3) is 11.0 Å². The average Bonchev–Trinajstić information content (AvgIpc) is 3.07. The normalized spacial score (nSPS) is 21.8. The number of imidazole rings is 1. The minimum atomic E-state index is -0.319. The quantitative estimate of drug-likeness (QED) is 0.718. The predicted octanol–water partition coefficient (Wildman–Crippen LogP) is 2.98. The summed E-state index contributed by atoms with van der Waals surface area (Å²) in [5.74, 6) is 0.282. The van der Waals surface area contributed by atoms with Crippen LogP contribution in [-0.2, 0) is 17.8 Å². The minimum absolute atomic E-state index is 0.0780. The first kappa shape index (κ1) is 21.9. The molecule has 1 aromatic heterocycles. The number of nitrogens with zero attached hydrogens (tertiary/aromatic N) is 3. The standard InChI is InChI=1S/C24H37N5O2/c1-24(2,3)22(30)28-13-6-5-8-17(28)9-7-12-27(4)18-14-16-10-11-19(25)20-21(16)29(15-18)23(31)26-20/h10-11,17-18H,5-9,12-15,25H2,1-4H3,(H,26,31). The van der Waals surface area contributed by atoms with Gasteiger partial charge in [-0.25, -0.2) is 4.79 Å². The maximum atomic E-state index is 12.9. The van der Waals surface area contributed by atoms with Gasteiger partial charge in [-0.1, -0.05) is 26.8 Å². The number of hydrogen-bond donors (Lipinski definition) is 2. The number of nitrogen functional groups attached to an aromatic ring is 1. The zero-order valence-electron chi connectivity index (χ0n) is 19.4. The molecular formula is C24H37N5O2. The van der Waals surface area contributed by atoms with Crippen molar-refractivity contribution >= 4 is 22.6 Å². The molecule has 7 heteroatoms. The molecule has 2 aromatic rings. The number of hydrogen-bond acceptors (Lipinski definition) is 4. The summed E-state index contributed by atoms with van der Waals surface area (Å²) in [6.45, 7) is 8.59. The Morgan fingerprint density at radius 1 is 1.29 bits per heavy atom. The van der Waals surface area contributed by atoms with Gasteiger partial charge in [-0.2, -0.15) is 0 Å². The average molecular weight is 428 g/mol. The first-order valence-corrected chi connectivity index (χ1v) is 11.7. The second-order valence-electron chi connectivity index (χ2n) is 10.5. The van der Waals surface area contributed by atoms with Gasteiger partial charge in [-0.3, -0.25) is 9.36 Å². The molecular weight excluding hydrogens is 390 g/mol. The fraction of sp³-hybridized carbons (Fsp3) is 0.667.